The van der Waals surface area contributed by atoms with Gasteiger partial charge in [0.25, 0.3) is 5.91 Å². The lowest BCUT2D eigenvalue weighted by Crippen LogP contribution is -2.42. The first-order valence-electron chi connectivity index (χ1n) is 7.49. The second-order valence-electron chi connectivity index (χ2n) is 5.56. The third-order valence-electron chi connectivity index (χ3n) is 3.69. The van der Waals surface area contributed by atoms with Crippen LogP contribution in [0.2, 0.25) is 0 Å². The summed E-state index contributed by atoms with van der Waals surface area (Å²) < 4.78 is 0. The number of fused-ring (bicyclic) bond motifs is 1. The van der Waals surface area contributed by atoms with Crippen molar-refractivity contribution in [2.45, 2.75) is 24.8 Å². The molecule has 2 aromatic carbocycles. The van der Waals surface area contributed by atoms with Crippen LogP contribution in [0.5, 0.6) is 0 Å². The van der Waals surface area contributed by atoms with Gasteiger partial charge in [0.15, 0.2) is 0 Å². The molecule has 1 aliphatic heterocycles. The molecule has 1 heterocycles. The second-order valence-corrected chi connectivity index (χ2v) is 6.63. The molecule has 5 heteroatoms. The van der Waals surface area contributed by atoms with Crippen molar-refractivity contribution >= 4 is 35.0 Å². The number of carbonyl (C=O) groups excluding carboxylic acids is 2. The van der Waals surface area contributed by atoms with E-state index in [1.165, 1.54) is 6.92 Å². The molecule has 2 aromatic rings. The number of anilines is 2. The van der Waals surface area contributed by atoms with Crippen LogP contribution in [0.3, 0.4) is 0 Å². The fourth-order valence-electron chi connectivity index (χ4n) is 2.68. The number of thioether (sulfide) groups is 1. The van der Waals surface area contributed by atoms with Gasteiger partial charge in [-0.1, -0.05) is 18.2 Å². The van der Waals surface area contributed by atoms with Crippen LogP contribution >= 0.6 is 11.8 Å². The smallest absolute Gasteiger partial charge is 0.258 e. The van der Waals surface area contributed by atoms with Gasteiger partial charge in [0.05, 0.1) is 5.69 Å². The van der Waals surface area contributed by atoms with Crippen molar-refractivity contribution in [3.63, 3.8) is 0 Å². The molecule has 1 atom stereocenters. The highest BCUT2D eigenvalue weighted by Crippen LogP contribution is 2.38. The third-order valence-corrected chi connectivity index (χ3v) is 5.00. The molecule has 0 aliphatic carbocycles. The lowest BCUT2D eigenvalue weighted by Gasteiger charge is -2.34. The molecule has 118 valence electrons. The number of para-hydroxylation sites is 1. The summed E-state index contributed by atoms with van der Waals surface area (Å²) in [6.45, 7) is 3.51. The van der Waals surface area contributed by atoms with E-state index in [1.54, 1.807) is 36.0 Å². The molecule has 1 aliphatic rings. The molecule has 23 heavy (non-hydrogen) atoms. The number of nitrogens with zero attached hydrogens (tertiary/aromatic N) is 1. The molecule has 0 spiro atoms. The summed E-state index contributed by atoms with van der Waals surface area (Å²) in [6.07, 6.45) is 0. The first-order valence-corrected chi connectivity index (χ1v) is 8.48. The van der Waals surface area contributed by atoms with Crippen LogP contribution in [0.1, 0.15) is 24.2 Å². The molecular formula is C18H18N2O2S. The quantitative estimate of drug-likeness (QED) is 0.913. The van der Waals surface area contributed by atoms with Gasteiger partial charge in [-0.15, -0.1) is 11.8 Å². The van der Waals surface area contributed by atoms with Crippen LogP contribution < -0.4 is 10.2 Å². The fraction of sp³-hybridized carbons (Fsp3) is 0.222. The minimum absolute atomic E-state index is 0.0440. The molecule has 2 amide bonds. The topological polar surface area (TPSA) is 49.4 Å². The Kier molecular flexibility index (Phi) is 4.39. The summed E-state index contributed by atoms with van der Waals surface area (Å²) in [5, 5.41) is 2.72. The summed E-state index contributed by atoms with van der Waals surface area (Å²) in [5.74, 6) is 0.675. The summed E-state index contributed by atoms with van der Waals surface area (Å²) in [7, 11) is 0. The van der Waals surface area contributed by atoms with E-state index in [2.05, 4.69) is 12.2 Å². The highest BCUT2D eigenvalue weighted by molar-refractivity contribution is 7.99. The van der Waals surface area contributed by atoms with Crippen molar-refractivity contribution in [2.75, 3.05) is 16.0 Å². The number of nitrogens with one attached hydrogen (secondary N) is 1. The summed E-state index contributed by atoms with van der Waals surface area (Å²) in [5.41, 5.74) is 2.16. The number of hydrogen-bond donors (Lipinski definition) is 1. The van der Waals surface area contributed by atoms with Crippen molar-refractivity contribution in [1.29, 1.82) is 0 Å². The van der Waals surface area contributed by atoms with E-state index in [9.17, 15) is 9.59 Å². The first-order chi connectivity index (χ1) is 11.1. The molecule has 4 nitrogen and oxygen atoms in total. The van der Waals surface area contributed by atoms with Crippen LogP contribution in [0.15, 0.2) is 53.4 Å². The van der Waals surface area contributed by atoms with Gasteiger partial charge in [0.1, 0.15) is 0 Å². The molecule has 0 radical (unpaired) electrons. The van der Waals surface area contributed by atoms with Gasteiger partial charge in [-0.3, -0.25) is 9.59 Å². The Labute approximate surface area is 139 Å². The van der Waals surface area contributed by atoms with Gasteiger partial charge in [-0.05, 0) is 37.3 Å². The Hall–Kier alpha value is -2.27. The maximum absolute atomic E-state index is 13.0. The number of amides is 2. The average Bonchev–Trinajstić information content (AvgIpc) is 2.54. The molecule has 3 rings (SSSR count). The largest absolute Gasteiger partial charge is 0.326 e. The van der Waals surface area contributed by atoms with E-state index in [0.717, 1.165) is 16.3 Å². The van der Waals surface area contributed by atoms with Gasteiger partial charge in [-0.25, -0.2) is 0 Å². The van der Waals surface area contributed by atoms with Crippen LogP contribution in [0, 0.1) is 0 Å². The highest BCUT2D eigenvalue weighted by atomic mass is 32.2. The summed E-state index contributed by atoms with van der Waals surface area (Å²) in [6, 6.07) is 15.1. The Morgan fingerprint density at radius 3 is 2.74 bits per heavy atom. The molecule has 0 saturated heterocycles. The number of hydrogen-bond acceptors (Lipinski definition) is 3. The molecular weight excluding hydrogens is 308 g/mol. The summed E-state index contributed by atoms with van der Waals surface area (Å²) >= 11 is 1.77. The molecule has 0 bridgehead atoms. The van der Waals surface area contributed by atoms with Crippen LogP contribution in [-0.4, -0.2) is 23.6 Å². The molecule has 0 aromatic heterocycles. The minimum Gasteiger partial charge on any atom is -0.326 e. The van der Waals surface area contributed by atoms with E-state index in [-0.39, 0.29) is 17.9 Å². The van der Waals surface area contributed by atoms with Crippen LogP contribution in [-0.2, 0) is 4.79 Å². The predicted molar refractivity (Wildman–Crippen MR) is 94.2 cm³/mol. The first kappa shape index (κ1) is 15.6. The van der Waals surface area contributed by atoms with Gasteiger partial charge in [0, 0.05) is 34.9 Å². The maximum Gasteiger partial charge on any atom is 0.258 e. The molecule has 0 saturated carbocycles. The lowest BCUT2D eigenvalue weighted by molar-refractivity contribution is -0.114. The number of benzene rings is 2. The average molecular weight is 326 g/mol. The highest BCUT2D eigenvalue weighted by Gasteiger charge is 2.29. The van der Waals surface area contributed by atoms with E-state index in [0.29, 0.717) is 11.3 Å². The van der Waals surface area contributed by atoms with Gasteiger partial charge < -0.3 is 10.2 Å². The second kappa shape index (κ2) is 6.46. The summed E-state index contributed by atoms with van der Waals surface area (Å²) in [4.78, 5) is 27.2. The zero-order valence-electron chi connectivity index (χ0n) is 13.1. The molecule has 1 unspecified atom stereocenters. The van der Waals surface area contributed by atoms with Gasteiger partial charge >= 0.3 is 0 Å². The fourth-order valence-corrected chi connectivity index (χ4v) is 3.74. The molecule has 0 fully saturated rings. The molecule has 1 N–H and O–H groups in total. The van der Waals surface area contributed by atoms with Gasteiger partial charge in [-0.2, -0.15) is 0 Å². The van der Waals surface area contributed by atoms with Gasteiger partial charge in [0.2, 0.25) is 5.91 Å². The standard InChI is InChI=1S/C18H18N2O2S/c1-12-11-23-17-9-4-3-8-16(17)20(12)18(22)14-6-5-7-15(10-14)19-13(2)21/h3-10,12H,11H2,1-2H3,(H,19,21). The van der Waals surface area contributed by atoms with Crippen molar-refractivity contribution in [2.24, 2.45) is 0 Å². The Morgan fingerprint density at radius 1 is 1.17 bits per heavy atom. The minimum atomic E-state index is -0.150. The Morgan fingerprint density at radius 2 is 1.96 bits per heavy atom. The number of carbonyl (C=O) groups is 2. The Balaban J connectivity index is 1.95. The van der Waals surface area contributed by atoms with Crippen molar-refractivity contribution in [3.8, 4) is 0 Å². The van der Waals surface area contributed by atoms with Crippen molar-refractivity contribution in [3.05, 3.63) is 54.1 Å². The van der Waals surface area contributed by atoms with Crippen molar-refractivity contribution < 1.29 is 9.59 Å². The maximum atomic E-state index is 13.0. The SMILES string of the molecule is CC(=O)Nc1cccc(C(=O)N2c3ccccc3SCC2C)c1. The monoisotopic (exact) mass is 326 g/mol. The normalized spacial score (nSPS) is 16.6. The van der Waals surface area contributed by atoms with E-state index < -0.39 is 0 Å². The van der Waals surface area contributed by atoms with E-state index >= 15 is 0 Å². The zero-order chi connectivity index (χ0) is 16.4. The Bertz CT molecular complexity index is 760. The third kappa shape index (κ3) is 3.24. The lowest BCUT2D eigenvalue weighted by atomic mass is 10.1. The van der Waals surface area contributed by atoms with E-state index in [4.69, 9.17) is 0 Å². The van der Waals surface area contributed by atoms with Crippen LogP contribution in [0.4, 0.5) is 11.4 Å². The predicted octanol–water partition coefficient (Wildman–Crippen LogP) is 3.79. The zero-order valence-corrected chi connectivity index (χ0v) is 13.9. The van der Waals surface area contributed by atoms with E-state index in [1.807, 2.05) is 29.2 Å². The van der Waals surface area contributed by atoms with Crippen LogP contribution in [0.25, 0.3) is 0 Å². The number of rotatable bonds is 2. The van der Waals surface area contributed by atoms with Crippen molar-refractivity contribution in [1.82, 2.24) is 0 Å².